The molecule has 88 valence electrons. The molecule has 0 aliphatic heterocycles. The van der Waals surface area contributed by atoms with Crippen molar-refractivity contribution in [2.45, 2.75) is 13.1 Å². The Morgan fingerprint density at radius 2 is 2.35 bits per heavy atom. The molecule has 2 rings (SSSR count). The lowest BCUT2D eigenvalue weighted by Crippen LogP contribution is -2.23. The molecule has 1 aromatic heterocycles. The summed E-state index contributed by atoms with van der Waals surface area (Å²) >= 11 is 0. The number of amides is 1. The zero-order chi connectivity index (χ0) is 12.1. The van der Waals surface area contributed by atoms with Crippen LogP contribution in [-0.4, -0.2) is 15.9 Å². The van der Waals surface area contributed by atoms with Crippen molar-refractivity contribution in [3.63, 3.8) is 0 Å². The first kappa shape index (κ1) is 11.3. The average Bonchev–Trinajstić information content (AvgIpc) is 2.89. The summed E-state index contributed by atoms with van der Waals surface area (Å²) in [5, 5.41) is 2.78. The SMILES string of the molecule is NCc1cccc(C(=O)NCc2ncc[nH]2)c1. The topological polar surface area (TPSA) is 83.8 Å². The number of benzene rings is 1. The van der Waals surface area contributed by atoms with Gasteiger partial charge in [-0.1, -0.05) is 12.1 Å². The molecule has 0 spiro atoms. The van der Waals surface area contributed by atoms with E-state index >= 15 is 0 Å². The number of rotatable bonds is 4. The van der Waals surface area contributed by atoms with E-state index in [-0.39, 0.29) is 5.91 Å². The summed E-state index contributed by atoms with van der Waals surface area (Å²) in [5.74, 6) is 0.602. The highest BCUT2D eigenvalue weighted by molar-refractivity contribution is 5.94. The van der Waals surface area contributed by atoms with Crippen LogP contribution < -0.4 is 11.1 Å². The van der Waals surface area contributed by atoms with Gasteiger partial charge in [0.1, 0.15) is 5.82 Å². The Labute approximate surface area is 99.1 Å². The maximum Gasteiger partial charge on any atom is 0.251 e. The summed E-state index contributed by atoms with van der Waals surface area (Å²) in [7, 11) is 0. The van der Waals surface area contributed by atoms with E-state index in [4.69, 9.17) is 5.73 Å². The predicted molar refractivity (Wildman–Crippen MR) is 64.1 cm³/mol. The molecule has 0 atom stereocenters. The first-order valence-electron chi connectivity index (χ1n) is 5.35. The molecule has 5 heteroatoms. The highest BCUT2D eigenvalue weighted by atomic mass is 16.1. The molecule has 0 unspecified atom stereocenters. The van der Waals surface area contributed by atoms with Gasteiger partial charge in [-0.25, -0.2) is 4.98 Å². The smallest absolute Gasteiger partial charge is 0.251 e. The van der Waals surface area contributed by atoms with Gasteiger partial charge in [0.15, 0.2) is 0 Å². The number of imidazole rings is 1. The fourth-order valence-corrected chi connectivity index (χ4v) is 1.50. The van der Waals surface area contributed by atoms with Gasteiger partial charge in [0.25, 0.3) is 5.91 Å². The average molecular weight is 230 g/mol. The van der Waals surface area contributed by atoms with Crippen molar-refractivity contribution in [1.29, 1.82) is 0 Å². The Morgan fingerprint density at radius 1 is 1.47 bits per heavy atom. The molecule has 2 aromatic rings. The van der Waals surface area contributed by atoms with Crippen molar-refractivity contribution in [3.05, 3.63) is 53.6 Å². The van der Waals surface area contributed by atoms with Crippen LogP contribution in [0.5, 0.6) is 0 Å². The maximum absolute atomic E-state index is 11.8. The third-order valence-corrected chi connectivity index (χ3v) is 2.40. The van der Waals surface area contributed by atoms with Crippen LogP contribution in [0, 0.1) is 0 Å². The van der Waals surface area contributed by atoms with E-state index in [0.29, 0.717) is 18.7 Å². The Hall–Kier alpha value is -2.14. The summed E-state index contributed by atoms with van der Waals surface area (Å²) in [6.07, 6.45) is 3.37. The van der Waals surface area contributed by atoms with Gasteiger partial charge in [-0.15, -0.1) is 0 Å². The molecule has 1 heterocycles. The minimum atomic E-state index is -0.128. The van der Waals surface area contributed by atoms with E-state index in [0.717, 1.165) is 11.4 Å². The van der Waals surface area contributed by atoms with Crippen LogP contribution in [-0.2, 0) is 13.1 Å². The minimum absolute atomic E-state index is 0.128. The third kappa shape index (κ3) is 2.92. The van der Waals surface area contributed by atoms with Crippen LogP contribution in [0.4, 0.5) is 0 Å². The highest BCUT2D eigenvalue weighted by Crippen LogP contribution is 2.04. The zero-order valence-corrected chi connectivity index (χ0v) is 9.31. The molecule has 0 fully saturated rings. The Morgan fingerprint density at radius 3 is 3.06 bits per heavy atom. The molecule has 1 aromatic carbocycles. The van der Waals surface area contributed by atoms with E-state index in [9.17, 15) is 4.79 Å². The van der Waals surface area contributed by atoms with Crippen LogP contribution in [0.3, 0.4) is 0 Å². The fraction of sp³-hybridized carbons (Fsp3) is 0.167. The second kappa shape index (κ2) is 5.27. The molecule has 0 aliphatic carbocycles. The molecule has 0 aliphatic rings. The van der Waals surface area contributed by atoms with Crippen LogP contribution in [0.25, 0.3) is 0 Å². The minimum Gasteiger partial charge on any atom is -0.347 e. The second-order valence-electron chi connectivity index (χ2n) is 3.62. The van der Waals surface area contributed by atoms with E-state index in [2.05, 4.69) is 15.3 Å². The second-order valence-corrected chi connectivity index (χ2v) is 3.62. The van der Waals surface area contributed by atoms with Gasteiger partial charge in [0, 0.05) is 24.5 Å². The lowest BCUT2D eigenvalue weighted by molar-refractivity contribution is 0.0950. The van der Waals surface area contributed by atoms with Crippen molar-refractivity contribution in [2.24, 2.45) is 5.73 Å². The molecule has 0 bridgehead atoms. The number of nitrogens with one attached hydrogen (secondary N) is 2. The molecule has 1 amide bonds. The predicted octanol–water partition coefficient (Wildman–Crippen LogP) is 0.798. The molecular formula is C12H14N4O. The monoisotopic (exact) mass is 230 g/mol. The number of nitrogens with zero attached hydrogens (tertiary/aromatic N) is 1. The lowest BCUT2D eigenvalue weighted by atomic mass is 10.1. The maximum atomic E-state index is 11.8. The summed E-state index contributed by atoms with van der Waals surface area (Å²) in [6.45, 7) is 0.817. The van der Waals surface area contributed by atoms with Gasteiger partial charge in [-0.3, -0.25) is 4.79 Å². The number of H-pyrrole nitrogens is 1. The van der Waals surface area contributed by atoms with Gasteiger partial charge in [0.05, 0.1) is 6.54 Å². The number of aromatic amines is 1. The van der Waals surface area contributed by atoms with Crippen molar-refractivity contribution in [2.75, 3.05) is 0 Å². The van der Waals surface area contributed by atoms with Crippen molar-refractivity contribution in [1.82, 2.24) is 15.3 Å². The Balaban J connectivity index is 1.99. The van der Waals surface area contributed by atoms with Crippen LogP contribution in [0.2, 0.25) is 0 Å². The van der Waals surface area contributed by atoms with E-state index in [1.807, 2.05) is 12.1 Å². The molecular weight excluding hydrogens is 216 g/mol. The summed E-state index contributed by atoms with van der Waals surface area (Å²) in [5.41, 5.74) is 7.07. The Bertz CT molecular complexity index is 493. The van der Waals surface area contributed by atoms with Gasteiger partial charge in [-0.2, -0.15) is 0 Å². The fourth-order valence-electron chi connectivity index (χ4n) is 1.50. The van der Waals surface area contributed by atoms with E-state index in [1.165, 1.54) is 0 Å². The molecule has 0 radical (unpaired) electrons. The third-order valence-electron chi connectivity index (χ3n) is 2.40. The van der Waals surface area contributed by atoms with E-state index < -0.39 is 0 Å². The number of carbonyl (C=O) groups is 1. The normalized spacial score (nSPS) is 10.2. The zero-order valence-electron chi connectivity index (χ0n) is 9.31. The standard InChI is InChI=1S/C12H14N4O/c13-7-9-2-1-3-10(6-9)12(17)16-8-11-14-4-5-15-11/h1-6H,7-8,13H2,(H,14,15)(H,16,17). The highest BCUT2D eigenvalue weighted by Gasteiger charge is 2.06. The van der Waals surface area contributed by atoms with Crippen molar-refractivity contribution in [3.8, 4) is 0 Å². The first-order valence-corrected chi connectivity index (χ1v) is 5.35. The summed E-state index contributed by atoms with van der Waals surface area (Å²) in [4.78, 5) is 18.8. The number of hydrogen-bond acceptors (Lipinski definition) is 3. The van der Waals surface area contributed by atoms with Gasteiger partial charge >= 0.3 is 0 Å². The van der Waals surface area contributed by atoms with Gasteiger partial charge in [-0.05, 0) is 17.7 Å². The quantitative estimate of drug-likeness (QED) is 0.726. The number of carbonyl (C=O) groups excluding carboxylic acids is 1. The van der Waals surface area contributed by atoms with Gasteiger partial charge in [0.2, 0.25) is 0 Å². The summed E-state index contributed by atoms with van der Waals surface area (Å²) < 4.78 is 0. The van der Waals surface area contributed by atoms with E-state index in [1.54, 1.807) is 24.5 Å². The molecule has 0 saturated carbocycles. The largest absolute Gasteiger partial charge is 0.347 e. The molecule has 5 nitrogen and oxygen atoms in total. The van der Waals surface area contributed by atoms with Crippen molar-refractivity contribution < 1.29 is 4.79 Å². The van der Waals surface area contributed by atoms with Gasteiger partial charge < -0.3 is 16.0 Å². The first-order chi connectivity index (χ1) is 8.29. The van der Waals surface area contributed by atoms with Crippen molar-refractivity contribution >= 4 is 5.91 Å². The number of nitrogens with two attached hydrogens (primary N) is 1. The van der Waals surface area contributed by atoms with Crippen LogP contribution >= 0.6 is 0 Å². The molecule has 4 N–H and O–H groups in total. The number of aromatic nitrogens is 2. The summed E-state index contributed by atoms with van der Waals surface area (Å²) in [6, 6.07) is 7.27. The molecule has 17 heavy (non-hydrogen) atoms. The number of hydrogen-bond donors (Lipinski definition) is 3. The van der Waals surface area contributed by atoms with Crippen LogP contribution in [0.1, 0.15) is 21.7 Å². The Kier molecular flexibility index (Phi) is 3.52. The molecule has 0 saturated heterocycles. The lowest BCUT2D eigenvalue weighted by Gasteiger charge is -2.04. The van der Waals surface area contributed by atoms with Crippen LogP contribution in [0.15, 0.2) is 36.7 Å².